The number of aryl methyl sites for hydroxylation is 2. The molecule has 4 unspecified atom stereocenters. The van der Waals surface area contributed by atoms with Crippen molar-refractivity contribution in [1.29, 1.82) is 0 Å². The molecule has 0 aliphatic carbocycles. The molecule has 4 atom stereocenters. The minimum absolute atomic E-state index is 0.245. The van der Waals surface area contributed by atoms with Crippen molar-refractivity contribution >= 4 is 18.5 Å². The minimum atomic E-state index is -3.90. The third-order valence-electron chi connectivity index (χ3n) is 28.7. The molecule has 1 spiro atoms. The number of hydrogen-bond acceptors (Lipinski definition) is 0. The molecule has 0 nitrogen and oxygen atoms in total. The van der Waals surface area contributed by atoms with Gasteiger partial charge in [-0.05, 0) is 0 Å². The predicted molar refractivity (Wildman–Crippen MR) is 207 cm³/mol. The molecule has 10 heterocycles. The molecule has 0 aromatic heterocycles. The molecular weight excluding hydrogens is 631 g/mol. The Morgan fingerprint density at radius 1 is 0.438 bits per heavy atom. The van der Waals surface area contributed by atoms with E-state index in [4.69, 9.17) is 0 Å². The normalized spacial score (nSPS) is 50.0. The summed E-state index contributed by atoms with van der Waals surface area (Å²) in [6.07, 6.45) is 24.2. The molecule has 0 bridgehead atoms. The van der Waals surface area contributed by atoms with E-state index in [1.807, 2.05) is 32.9 Å². The van der Waals surface area contributed by atoms with Crippen molar-refractivity contribution in [3.05, 3.63) is 57.6 Å². The maximum atomic E-state index is 2.88. The van der Waals surface area contributed by atoms with Gasteiger partial charge in [-0.2, -0.15) is 0 Å². The Bertz CT molecular complexity index is 1910. The first-order chi connectivity index (χ1) is 23.3. The van der Waals surface area contributed by atoms with Crippen LogP contribution in [0.2, 0.25) is 38.0 Å². The Labute approximate surface area is 282 Å². The number of rotatable bonds is 21. The summed E-state index contributed by atoms with van der Waals surface area (Å²) >= 11 is 0. The molecule has 10 saturated heterocycles. The zero-order valence-electron chi connectivity index (χ0n) is 31.7. The number of fused-ring (bicyclic) bond motifs is 10. The molecule has 0 radical (unpaired) electrons. The van der Waals surface area contributed by atoms with Crippen molar-refractivity contribution in [3.63, 3.8) is 0 Å². The zero-order chi connectivity index (χ0) is 32.8. The first kappa shape index (κ1) is 30.1. The van der Waals surface area contributed by atoms with Crippen LogP contribution < -0.4 is 10.6 Å². The van der Waals surface area contributed by atoms with Gasteiger partial charge >= 0.3 is 284 Å². The SMILES string of the molecule is CCCCc1ccc(P(c2ccc(CCCC)c(CCCC)c2CCCC)[C]23[CH]4[CH]5[CH]6[CH]2[Ti]56432789[CH]3[CH]2[CH]7[CH]8[CH]39)c(CCCC)c1CCCC. The molecule has 10 aliphatic rings. The van der Waals surface area contributed by atoms with Crippen LogP contribution in [0.1, 0.15) is 152 Å². The fraction of sp³-hybridized carbons (Fsp3) is 0.739. The van der Waals surface area contributed by atoms with Gasteiger partial charge in [-0.3, -0.25) is 0 Å². The third kappa shape index (κ3) is 1.12. The van der Waals surface area contributed by atoms with Gasteiger partial charge in [0.05, 0.1) is 0 Å². The molecule has 48 heavy (non-hydrogen) atoms. The van der Waals surface area contributed by atoms with E-state index in [-0.39, 0.29) is 7.92 Å². The molecule has 2 aromatic rings. The summed E-state index contributed by atoms with van der Waals surface area (Å²) < 4.78 is 13.8. The van der Waals surface area contributed by atoms with Crippen molar-refractivity contribution in [2.45, 2.75) is 199 Å². The molecule has 2 aromatic carbocycles. The van der Waals surface area contributed by atoms with Crippen molar-refractivity contribution in [3.8, 4) is 0 Å². The van der Waals surface area contributed by atoms with Gasteiger partial charge in [0.1, 0.15) is 0 Å². The Balaban J connectivity index is 1.10. The van der Waals surface area contributed by atoms with Crippen LogP contribution in [0.3, 0.4) is 0 Å². The summed E-state index contributed by atoms with van der Waals surface area (Å²) in [5.41, 5.74) is 11.1. The summed E-state index contributed by atoms with van der Waals surface area (Å²) in [4.78, 5) is 0. The number of hydrogen-bond donors (Lipinski definition) is 0. The molecular formula is C46H67PTi. The number of unbranched alkanes of at least 4 members (excludes halogenated alkanes) is 6. The third-order valence-corrected chi connectivity index (χ3v) is 97.7. The summed E-state index contributed by atoms with van der Waals surface area (Å²) in [5.74, 6) is 0. The summed E-state index contributed by atoms with van der Waals surface area (Å²) in [6.45, 7) is 14.6. The summed E-state index contributed by atoms with van der Waals surface area (Å²) in [5, 5.41) is 4.01. The van der Waals surface area contributed by atoms with Gasteiger partial charge in [-0.1, -0.05) is 0 Å². The quantitative estimate of drug-likeness (QED) is 0.0899. The summed E-state index contributed by atoms with van der Waals surface area (Å²) in [7, 11) is -4.14. The van der Waals surface area contributed by atoms with Crippen LogP contribution in [0.5, 0.6) is 0 Å². The van der Waals surface area contributed by atoms with Crippen molar-refractivity contribution in [2.75, 3.05) is 0 Å². The molecule has 260 valence electrons. The van der Waals surface area contributed by atoms with E-state index in [1.165, 1.54) is 154 Å². The zero-order valence-corrected chi connectivity index (χ0v) is 34.1. The van der Waals surface area contributed by atoms with E-state index in [0.29, 0.717) is 0 Å². The van der Waals surface area contributed by atoms with Crippen molar-refractivity contribution < 1.29 is 8.89 Å². The predicted octanol–water partition coefficient (Wildman–Crippen LogP) is 13.5. The van der Waals surface area contributed by atoms with Crippen LogP contribution in [0.25, 0.3) is 0 Å². The van der Waals surface area contributed by atoms with Crippen molar-refractivity contribution in [2.24, 2.45) is 0 Å². The molecule has 10 aliphatic heterocycles. The Morgan fingerprint density at radius 3 is 1.06 bits per heavy atom. The molecule has 2 heteroatoms. The van der Waals surface area contributed by atoms with E-state index >= 15 is 0 Å². The molecule has 10 fully saturated rings. The van der Waals surface area contributed by atoms with Crippen LogP contribution in [0.4, 0.5) is 0 Å². The number of benzene rings is 2. The Hall–Kier alpha value is -0.416. The first-order valence-corrected chi connectivity index (χ1v) is 32.7. The van der Waals surface area contributed by atoms with Crippen LogP contribution in [0, 0.1) is 0 Å². The van der Waals surface area contributed by atoms with Gasteiger partial charge in [0.2, 0.25) is 0 Å². The Morgan fingerprint density at radius 2 is 0.771 bits per heavy atom. The van der Waals surface area contributed by atoms with Crippen LogP contribution in [-0.4, -0.2) is 3.46 Å². The monoisotopic (exact) mass is 698 g/mol. The van der Waals surface area contributed by atoms with E-state index in [9.17, 15) is 0 Å². The molecule has 0 amide bonds. The average Bonchev–Trinajstić information content (AvgIpc) is 4.05. The standard InChI is InChI=1S/C41H62P.C5H5.Ti/c1-7-13-21-33-29-31-40(38(27-17-11-5)36(33)25-15-9-3)42(35-23-19-20-24-35)41-32-30-34(22-14-8-2)37(26-16-10-4)39(41)28-18-12-6;1-2-4-5-3-1;/h19-20,23-24,29-32H,7-18,21-22,25-28H2,1-6H3;1-5H;. The van der Waals surface area contributed by atoms with Gasteiger partial charge in [-0.25, -0.2) is 0 Å². The fourth-order valence-corrected chi connectivity index (χ4v) is 172. The van der Waals surface area contributed by atoms with Crippen LogP contribution >= 0.6 is 7.92 Å². The van der Waals surface area contributed by atoms with Gasteiger partial charge in [0.15, 0.2) is 0 Å². The topological polar surface area (TPSA) is 0 Å². The molecule has 0 N–H and O–H groups in total. The second-order valence-corrected chi connectivity index (χ2v) is 60.5. The molecule has 12 rings (SSSR count). The van der Waals surface area contributed by atoms with E-state index in [0.717, 1.165) is 3.46 Å². The van der Waals surface area contributed by atoms with Gasteiger partial charge < -0.3 is 0 Å². The van der Waals surface area contributed by atoms with E-state index < -0.39 is 8.89 Å². The first-order valence-electron chi connectivity index (χ1n) is 22.4. The second kappa shape index (κ2) is 6.04. The maximum absolute atomic E-state index is 3.90. The van der Waals surface area contributed by atoms with Crippen LogP contribution in [-0.2, 0) is 47.4 Å². The fourth-order valence-electron chi connectivity index (χ4n) is 30.5. The van der Waals surface area contributed by atoms with Gasteiger partial charge in [0, 0.05) is 0 Å². The van der Waals surface area contributed by atoms with E-state index in [2.05, 4.69) is 65.8 Å². The average molecular weight is 699 g/mol. The van der Waals surface area contributed by atoms with Gasteiger partial charge in [0.25, 0.3) is 0 Å². The van der Waals surface area contributed by atoms with Gasteiger partial charge in [-0.15, -0.1) is 0 Å². The van der Waals surface area contributed by atoms with Crippen LogP contribution in [0.15, 0.2) is 24.3 Å². The van der Waals surface area contributed by atoms with E-state index in [1.54, 1.807) is 11.1 Å². The second-order valence-electron chi connectivity index (χ2n) is 24.1. The molecule has 0 saturated carbocycles. The Kier molecular flexibility index (Phi) is 3.79. The summed E-state index contributed by atoms with van der Waals surface area (Å²) in [6, 6.07) is 11.3. The van der Waals surface area contributed by atoms with Crippen molar-refractivity contribution in [1.82, 2.24) is 0 Å².